The van der Waals surface area contributed by atoms with Gasteiger partial charge in [0.05, 0.1) is 22.6 Å². The number of carbonyl (C=O) groups is 1. The van der Waals surface area contributed by atoms with Crippen LogP contribution in [0.15, 0.2) is 30.7 Å². The minimum atomic E-state index is -1.03. The lowest BCUT2D eigenvalue weighted by molar-refractivity contribution is 0.0697. The Kier molecular flexibility index (Phi) is 3.39. The molecule has 0 saturated carbocycles. The molecule has 0 spiro atoms. The van der Waals surface area contributed by atoms with Crippen molar-refractivity contribution in [2.24, 2.45) is 0 Å². The molecule has 0 unspecified atom stereocenters. The number of halogens is 1. The molecule has 0 atom stereocenters. The fourth-order valence-corrected chi connectivity index (χ4v) is 1.87. The van der Waals surface area contributed by atoms with Gasteiger partial charge in [-0.1, -0.05) is 25.4 Å². The Morgan fingerprint density at radius 2 is 2.17 bits per heavy atom. The van der Waals surface area contributed by atoms with E-state index in [0.29, 0.717) is 5.92 Å². The van der Waals surface area contributed by atoms with Gasteiger partial charge in [-0.15, -0.1) is 0 Å². The number of hydrogen-bond donors (Lipinski definition) is 1. The molecule has 2 aromatic rings. The lowest BCUT2D eigenvalue weighted by Crippen LogP contribution is -1.99. The molecule has 94 valence electrons. The minimum Gasteiger partial charge on any atom is -0.478 e. The maximum absolute atomic E-state index is 10.9. The summed E-state index contributed by atoms with van der Waals surface area (Å²) in [5.74, 6) is -0.680. The summed E-state index contributed by atoms with van der Waals surface area (Å²) in [6.07, 6.45) is 3.61. The van der Waals surface area contributed by atoms with E-state index in [0.717, 1.165) is 11.4 Å². The molecule has 0 bridgehead atoms. The standard InChI is InChI=1S/C13H13ClN2O2/c1-8(2)12-6-16(7-15-12)9-3-4-10(13(17)18)11(14)5-9/h3-8H,1-2H3,(H,17,18). The van der Waals surface area contributed by atoms with Crippen LogP contribution in [-0.4, -0.2) is 20.6 Å². The van der Waals surface area contributed by atoms with Gasteiger partial charge in [-0.05, 0) is 24.1 Å². The number of hydrogen-bond acceptors (Lipinski definition) is 2. The normalized spacial score (nSPS) is 10.9. The van der Waals surface area contributed by atoms with Gasteiger partial charge in [-0.2, -0.15) is 0 Å². The molecule has 0 amide bonds. The van der Waals surface area contributed by atoms with E-state index in [4.69, 9.17) is 16.7 Å². The lowest BCUT2D eigenvalue weighted by atomic mass is 10.1. The number of rotatable bonds is 3. The highest BCUT2D eigenvalue weighted by Crippen LogP contribution is 2.21. The Balaban J connectivity index is 2.39. The Bertz CT molecular complexity index is 590. The van der Waals surface area contributed by atoms with E-state index in [1.165, 1.54) is 6.07 Å². The highest BCUT2D eigenvalue weighted by Gasteiger charge is 2.10. The first kappa shape index (κ1) is 12.6. The first-order valence-electron chi connectivity index (χ1n) is 5.56. The number of benzene rings is 1. The smallest absolute Gasteiger partial charge is 0.337 e. The molecule has 1 aromatic heterocycles. The summed E-state index contributed by atoms with van der Waals surface area (Å²) in [5.41, 5.74) is 1.88. The van der Waals surface area contributed by atoms with Gasteiger partial charge < -0.3 is 9.67 Å². The minimum absolute atomic E-state index is 0.101. The van der Waals surface area contributed by atoms with Crippen LogP contribution in [0.5, 0.6) is 0 Å². The van der Waals surface area contributed by atoms with Crippen molar-refractivity contribution in [3.8, 4) is 5.69 Å². The van der Waals surface area contributed by atoms with E-state index >= 15 is 0 Å². The van der Waals surface area contributed by atoms with Crippen molar-refractivity contribution < 1.29 is 9.90 Å². The Morgan fingerprint density at radius 1 is 1.44 bits per heavy atom. The third-order valence-corrected chi connectivity index (χ3v) is 2.99. The van der Waals surface area contributed by atoms with Gasteiger partial charge in [0.25, 0.3) is 0 Å². The van der Waals surface area contributed by atoms with E-state index in [9.17, 15) is 4.79 Å². The van der Waals surface area contributed by atoms with Gasteiger partial charge in [0.2, 0.25) is 0 Å². The Labute approximate surface area is 110 Å². The number of carboxylic acids is 1. The molecule has 0 aliphatic heterocycles. The van der Waals surface area contributed by atoms with Crippen LogP contribution >= 0.6 is 11.6 Å². The molecule has 1 N–H and O–H groups in total. The summed E-state index contributed by atoms with van der Waals surface area (Å²) in [4.78, 5) is 15.1. The quantitative estimate of drug-likeness (QED) is 0.925. The predicted molar refractivity (Wildman–Crippen MR) is 69.6 cm³/mol. The van der Waals surface area contributed by atoms with Gasteiger partial charge in [-0.25, -0.2) is 9.78 Å². The highest BCUT2D eigenvalue weighted by molar-refractivity contribution is 6.33. The number of aromatic nitrogens is 2. The Hall–Kier alpha value is -1.81. The highest BCUT2D eigenvalue weighted by atomic mass is 35.5. The second-order valence-electron chi connectivity index (χ2n) is 4.33. The van der Waals surface area contributed by atoms with Crippen LogP contribution in [0.25, 0.3) is 5.69 Å². The molecule has 2 rings (SSSR count). The summed E-state index contributed by atoms with van der Waals surface area (Å²) in [6.45, 7) is 4.13. The summed E-state index contributed by atoms with van der Waals surface area (Å²) < 4.78 is 1.83. The molecule has 4 nitrogen and oxygen atoms in total. The zero-order valence-electron chi connectivity index (χ0n) is 10.1. The van der Waals surface area contributed by atoms with Crippen LogP contribution in [0, 0.1) is 0 Å². The van der Waals surface area contributed by atoms with Crippen LogP contribution < -0.4 is 0 Å². The topological polar surface area (TPSA) is 55.1 Å². The van der Waals surface area contributed by atoms with Crippen LogP contribution in [0.1, 0.15) is 35.8 Å². The van der Waals surface area contributed by atoms with Crippen molar-refractivity contribution in [3.05, 3.63) is 47.0 Å². The van der Waals surface area contributed by atoms with Gasteiger partial charge >= 0.3 is 5.97 Å². The summed E-state index contributed by atoms with van der Waals surface area (Å²) >= 11 is 5.93. The van der Waals surface area contributed by atoms with Gasteiger partial charge in [0, 0.05) is 11.9 Å². The molecule has 1 heterocycles. The zero-order chi connectivity index (χ0) is 13.3. The largest absolute Gasteiger partial charge is 0.478 e. The third kappa shape index (κ3) is 2.38. The van der Waals surface area contributed by atoms with Crippen LogP contribution in [0.3, 0.4) is 0 Å². The van der Waals surface area contributed by atoms with Crippen LogP contribution in [-0.2, 0) is 0 Å². The molecule has 5 heteroatoms. The van der Waals surface area contributed by atoms with Gasteiger partial charge in [-0.3, -0.25) is 0 Å². The lowest BCUT2D eigenvalue weighted by Gasteiger charge is -2.05. The van der Waals surface area contributed by atoms with Gasteiger partial charge in [0.1, 0.15) is 0 Å². The molecule has 1 aromatic carbocycles. The van der Waals surface area contributed by atoms with Crippen molar-refractivity contribution in [2.45, 2.75) is 19.8 Å². The fraction of sp³-hybridized carbons (Fsp3) is 0.231. The summed E-state index contributed by atoms with van der Waals surface area (Å²) in [5, 5.41) is 9.12. The van der Waals surface area contributed by atoms with Crippen molar-refractivity contribution >= 4 is 17.6 Å². The molecule has 0 radical (unpaired) electrons. The second kappa shape index (κ2) is 4.82. The van der Waals surface area contributed by atoms with E-state index in [1.807, 2.05) is 10.8 Å². The molecular weight excluding hydrogens is 252 g/mol. The number of imidazole rings is 1. The fourth-order valence-electron chi connectivity index (χ4n) is 1.62. The molecule has 18 heavy (non-hydrogen) atoms. The van der Waals surface area contributed by atoms with Gasteiger partial charge in [0.15, 0.2) is 0 Å². The van der Waals surface area contributed by atoms with Crippen molar-refractivity contribution in [1.82, 2.24) is 9.55 Å². The third-order valence-electron chi connectivity index (χ3n) is 2.68. The number of aromatic carboxylic acids is 1. The first-order valence-corrected chi connectivity index (χ1v) is 5.94. The first-order chi connectivity index (χ1) is 8.49. The van der Waals surface area contributed by atoms with E-state index in [1.54, 1.807) is 18.5 Å². The molecule has 0 aliphatic rings. The maximum atomic E-state index is 10.9. The summed E-state index contributed by atoms with van der Waals surface area (Å²) in [7, 11) is 0. The SMILES string of the molecule is CC(C)c1cn(-c2ccc(C(=O)O)c(Cl)c2)cn1. The van der Waals surface area contributed by atoms with Crippen LogP contribution in [0.4, 0.5) is 0 Å². The average molecular weight is 265 g/mol. The van der Waals surface area contributed by atoms with Crippen molar-refractivity contribution in [1.29, 1.82) is 0 Å². The maximum Gasteiger partial charge on any atom is 0.337 e. The Morgan fingerprint density at radius 3 is 2.67 bits per heavy atom. The molecule has 0 aliphatic carbocycles. The number of carboxylic acid groups (broad SMARTS) is 1. The number of nitrogens with zero attached hydrogens (tertiary/aromatic N) is 2. The monoisotopic (exact) mass is 264 g/mol. The molecular formula is C13H13ClN2O2. The molecule has 0 fully saturated rings. The van der Waals surface area contributed by atoms with Crippen LogP contribution in [0.2, 0.25) is 5.02 Å². The average Bonchev–Trinajstić information content (AvgIpc) is 2.77. The van der Waals surface area contributed by atoms with E-state index in [2.05, 4.69) is 18.8 Å². The van der Waals surface area contributed by atoms with E-state index in [-0.39, 0.29) is 10.6 Å². The van der Waals surface area contributed by atoms with Crippen molar-refractivity contribution in [3.63, 3.8) is 0 Å². The molecule has 0 saturated heterocycles. The van der Waals surface area contributed by atoms with E-state index < -0.39 is 5.97 Å². The predicted octanol–water partition coefficient (Wildman–Crippen LogP) is 3.35. The zero-order valence-corrected chi connectivity index (χ0v) is 10.8. The van der Waals surface area contributed by atoms with Crippen molar-refractivity contribution in [2.75, 3.05) is 0 Å². The second-order valence-corrected chi connectivity index (χ2v) is 4.74. The summed E-state index contributed by atoms with van der Waals surface area (Å²) in [6, 6.07) is 4.83.